The molecule has 18 heavy (non-hydrogen) atoms. The summed E-state index contributed by atoms with van der Waals surface area (Å²) in [5.74, 6) is -0.186. The van der Waals surface area contributed by atoms with Crippen molar-refractivity contribution in [3.8, 4) is 0 Å². The van der Waals surface area contributed by atoms with Gasteiger partial charge in [-0.2, -0.15) is 0 Å². The second-order valence-corrected chi connectivity index (χ2v) is 4.90. The molecule has 0 aromatic carbocycles. The summed E-state index contributed by atoms with van der Waals surface area (Å²) in [5, 5.41) is 11.6. The summed E-state index contributed by atoms with van der Waals surface area (Å²) in [6, 6.07) is -0.408. The number of carbonyl (C=O) groups is 2. The Balaban J connectivity index is 2.38. The lowest BCUT2D eigenvalue weighted by Gasteiger charge is -2.31. The molecule has 6 nitrogen and oxygen atoms in total. The molecule has 104 valence electrons. The largest absolute Gasteiger partial charge is 0.396 e. The van der Waals surface area contributed by atoms with Crippen LogP contribution >= 0.6 is 0 Å². The fourth-order valence-corrected chi connectivity index (χ4v) is 2.22. The van der Waals surface area contributed by atoms with Crippen LogP contribution in [0.15, 0.2) is 0 Å². The lowest BCUT2D eigenvalue weighted by Crippen LogP contribution is -2.48. The van der Waals surface area contributed by atoms with Crippen LogP contribution in [-0.4, -0.2) is 47.7 Å². The smallest absolute Gasteiger partial charge is 0.314 e. The normalized spacial score (nSPS) is 21.4. The molecule has 1 fully saturated rings. The van der Waals surface area contributed by atoms with Gasteiger partial charge in [0.2, 0.25) is 5.91 Å². The summed E-state index contributed by atoms with van der Waals surface area (Å²) in [4.78, 5) is 24.6. The number of likely N-dealkylation sites (tertiary alicyclic amines) is 1. The maximum absolute atomic E-state index is 12.0. The Labute approximate surface area is 108 Å². The Kier molecular flexibility index (Phi) is 5.91. The van der Waals surface area contributed by atoms with Crippen LogP contribution in [0, 0.1) is 5.92 Å². The van der Waals surface area contributed by atoms with Gasteiger partial charge in [-0.15, -0.1) is 0 Å². The lowest BCUT2D eigenvalue weighted by molar-refractivity contribution is -0.126. The first-order valence-electron chi connectivity index (χ1n) is 6.50. The number of aliphatic hydroxyl groups is 1. The van der Waals surface area contributed by atoms with Crippen LogP contribution in [0.3, 0.4) is 0 Å². The van der Waals surface area contributed by atoms with Gasteiger partial charge >= 0.3 is 6.03 Å². The SMILES string of the molecule is CC(CCCO)NC(=O)C1CCCN(C(N)=O)C1. The zero-order valence-corrected chi connectivity index (χ0v) is 10.9. The van der Waals surface area contributed by atoms with Crippen LogP contribution in [0.2, 0.25) is 0 Å². The third-order valence-corrected chi connectivity index (χ3v) is 3.29. The van der Waals surface area contributed by atoms with Crippen molar-refractivity contribution >= 4 is 11.9 Å². The van der Waals surface area contributed by atoms with E-state index < -0.39 is 6.03 Å². The minimum absolute atomic E-state index is 0.0219. The van der Waals surface area contributed by atoms with Gasteiger partial charge in [0, 0.05) is 25.7 Å². The Bertz CT molecular complexity index is 296. The molecular formula is C12H23N3O3. The summed E-state index contributed by atoms with van der Waals surface area (Å²) in [6.45, 7) is 3.11. The Hall–Kier alpha value is -1.30. The van der Waals surface area contributed by atoms with Crippen LogP contribution in [0.4, 0.5) is 4.79 Å². The van der Waals surface area contributed by atoms with Gasteiger partial charge in [0.05, 0.1) is 5.92 Å². The fourth-order valence-electron chi connectivity index (χ4n) is 2.22. The van der Waals surface area contributed by atoms with Crippen molar-refractivity contribution in [1.29, 1.82) is 0 Å². The highest BCUT2D eigenvalue weighted by atomic mass is 16.3. The van der Waals surface area contributed by atoms with Gasteiger partial charge in [-0.25, -0.2) is 4.79 Å². The van der Waals surface area contributed by atoms with Crippen LogP contribution in [0.25, 0.3) is 0 Å². The molecule has 0 radical (unpaired) electrons. The lowest BCUT2D eigenvalue weighted by atomic mass is 9.97. The van der Waals surface area contributed by atoms with E-state index in [1.165, 1.54) is 4.90 Å². The Morgan fingerprint density at radius 2 is 2.28 bits per heavy atom. The number of primary amides is 1. The highest BCUT2D eigenvalue weighted by Crippen LogP contribution is 2.16. The van der Waals surface area contributed by atoms with Crippen molar-refractivity contribution in [2.45, 2.75) is 38.6 Å². The Morgan fingerprint density at radius 3 is 2.89 bits per heavy atom. The number of nitrogens with two attached hydrogens (primary N) is 1. The molecule has 1 aliphatic rings. The molecule has 1 rings (SSSR count). The minimum atomic E-state index is -0.458. The molecule has 0 bridgehead atoms. The number of carbonyl (C=O) groups excluding carboxylic acids is 2. The molecule has 4 N–H and O–H groups in total. The zero-order chi connectivity index (χ0) is 13.5. The van der Waals surface area contributed by atoms with Crippen molar-refractivity contribution in [3.05, 3.63) is 0 Å². The van der Waals surface area contributed by atoms with Gasteiger partial charge in [-0.3, -0.25) is 4.79 Å². The van der Waals surface area contributed by atoms with Gasteiger partial charge in [0.25, 0.3) is 0 Å². The molecule has 6 heteroatoms. The highest BCUT2D eigenvalue weighted by Gasteiger charge is 2.27. The number of urea groups is 1. The molecular weight excluding hydrogens is 234 g/mol. The summed E-state index contributed by atoms with van der Waals surface area (Å²) >= 11 is 0. The number of rotatable bonds is 5. The third kappa shape index (κ3) is 4.52. The molecule has 1 heterocycles. The number of hydrogen-bond donors (Lipinski definition) is 3. The summed E-state index contributed by atoms with van der Waals surface area (Å²) < 4.78 is 0. The molecule has 3 amide bonds. The van der Waals surface area contributed by atoms with Crippen molar-refractivity contribution in [3.63, 3.8) is 0 Å². The van der Waals surface area contributed by atoms with Crippen LogP contribution in [0.1, 0.15) is 32.6 Å². The van der Waals surface area contributed by atoms with E-state index in [2.05, 4.69) is 5.32 Å². The second-order valence-electron chi connectivity index (χ2n) is 4.90. The van der Waals surface area contributed by atoms with Crippen molar-refractivity contribution in [2.75, 3.05) is 19.7 Å². The van der Waals surface area contributed by atoms with Crippen LogP contribution < -0.4 is 11.1 Å². The van der Waals surface area contributed by atoms with E-state index in [0.717, 1.165) is 19.3 Å². The van der Waals surface area contributed by atoms with E-state index >= 15 is 0 Å². The number of hydrogen-bond acceptors (Lipinski definition) is 3. The maximum atomic E-state index is 12.0. The van der Waals surface area contributed by atoms with E-state index in [1.54, 1.807) is 0 Å². The van der Waals surface area contributed by atoms with Gasteiger partial charge in [-0.05, 0) is 32.6 Å². The van der Waals surface area contributed by atoms with E-state index in [0.29, 0.717) is 19.5 Å². The summed E-state index contributed by atoms with van der Waals surface area (Å²) in [5.41, 5.74) is 5.22. The summed E-state index contributed by atoms with van der Waals surface area (Å²) in [7, 11) is 0. The van der Waals surface area contributed by atoms with E-state index in [9.17, 15) is 9.59 Å². The predicted octanol–water partition coefficient (Wildman–Crippen LogP) is 0.0543. The van der Waals surface area contributed by atoms with Crippen molar-refractivity contribution in [1.82, 2.24) is 10.2 Å². The molecule has 0 aromatic rings. The quantitative estimate of drug-likeness (QED) is 0.649. The third-order valence-electron chi connectivity index (χ3n) is 3.29. The monoisotopic (exact) mass is 257 g/mol. The van der Waals surface area contributed by atoms with Gasteiger partial charge in [0.1, 0.15) is 0 Å². The number of amides is 3. The number of nitrogens with zero attached hydrogens (tertiary/aromatic N) is 1. The number of piperidine rings is 1. The van der Waals surface area contributed by atoms with Gasteiger partial charge < -0.3 is 21.1 Å². The zero-order valence-electron chi connectivity index (χ0n) is 10.9. The molecule has 1 saturated heterocycles. The predicted molar refractivity (Wildman–Crippen MR) is 67.8 cm³/mol. The number of aliphatic hydroxyl groups excluding tert-OH is 1. The first kappa shape index (κ1) is 14.8. The van der Waals surface area contributed by atoms with Crippen LogP contribution in [0.5, 0.6) is 0 Å². The first-order valence-corrected chi connectivity index (χ1v) is 6.50. The summed E-state index contributed by atoms with van der Waals surface area (Å²) in [6.07, 6.45) is 3.04. The topological polar surface area (TPSA) is 95.7 Å². The first-order chi connectivity index (χ1) is 8.54. The Morgan fingerprint density at radius 1 is 1.56 bits per heavy atom. The average molecular weight is 257 g/mol. The minimum Gasteiger partial charge on any atom is -0.396 e. The molecule has 2 atom stereocenters. The van der Waals surface area contributed by atoms with Gasteiger partial charge in [-0.1, -0.05) is 0 Å². The maximum Gasteiger partial charge on any atom is 0.314 e. The van der Waals surface area contributed by atoms with E-state index in [4.69, 9.17) is 10.8 Å². The fraction of sp³-hybridized carbons (Fsp3) is 0.833. The molecule has 0 saturated carbocycles. The standard InChI is InChI=1S/C12H23N3O3/c1-9(4-3-7-16)14-11(17)10-5-2-6-15(8-10)12(13)18/h9-10,16H,2-8H2,1H3,(H2,13,18)(H,14,17). The van der Waals surface area contributed by atoms with E-state index in [-0.39, 0.29) is 24.5 Å². The molecule has 0 aliphatic carbocycles. The average Bonchev–Trinajstić information content (AvgIpc) is 2.36. The molecule has 0 aromatic heterocycles. The highest BCUT2D eigenvalue weighted by molar-refractivity contribution is 5.80. The molecule has 0 spiro atoms. The molecule has 2 unspecified atom stereocenters. The van der Waals surface area contributed by atoms with E-state index in [1.807, 2.05) is 6.92 Å². The van der Waals surface area contributed by atoms with Crippen molar-refractivity contribution < 1.29 is 14.7 Å². The van der Waals surface area contributed by atoms with Crippen LogP contribution in [-0.2, 0) is 4.79 Å². The second kappa shape index (κ2) is 7.20. The number of nitrogens with one attached hydrogen (secondary N) is 1. The van der Waals surface area contributed by atoms with Crippen molar-refractivity contribution in [2.24, 2.45) is 11.7 Å². The van der Waals surface area contributed by atoms with Gasteiger partial charge in [0.15, 0.2) is 0 Å². The molecule has 1 aliphatic heterocycles.